The van der Waals surface area contributed by atoms with E-state index in [1.807, 2.05) is 0 Å². The summed E-state index contributed by atoms with van der Waals surface area (Å²) in [6.07, 6.45) is 0. The van der Waals surface area contributed by atoms with Crippen molar-refractivity contribution < 1.29 is 0 Å². The van der Waals surface area contributed by atoms with Crippen molar-refractivity contribution in [2.75, 3.05) is 0 Å². The summed E-state index contributed by atoms with van der Waals surface area (Å²) in [5.41, 5.74) is 9.84. The Morgan fingerprint density at radius 1 is 0.535 bits per heavy atom. The third-order valence-electron chi connectivity index (χ3n) is 8.63. The van der Waals surface area contributed by atoms with Crippen LogP contribution in [0.25, 0.3) is 66.6 Å². The number of hydrogen-bond acceptors (Lipinski definition) is 2. The third-order valence-corrected chi connectivity index (χ3v) is 8.63. The largest absolute Gasteiger partial charge is 0.294 e. The second-order valence-corrected chi connectivity index (χ2v) is 12.4. The number of aryl methyl sites for hydroxylation is 1. The van der Waals surface area contributed by atoms with Crippen LogP contribution in [0.15, 0.2) is 121 Å². The average molecular weight is 557 g/mol. The standard InChI is InChI=1S/C39H32N4/c1-25-13-5-6-16-28(25)33-19-12-22-36(40-33)43-35-21-10-8-18-30(35)32-24-31-29-17-7-9-20-34(29)42(37(31)41-38(32)43)27-15-11-14-26(23-27)39(2,3)4/h5-24H,1-4H3. The molecule has 0 atom stereocenters. The molecule has 0 aliphatic carbocycles. The maximum absolute atomic E-state index is 5.50. The lowest BCUT2D eigenvalue weighted by Crippen LogP contribution is -2.11. The normalized spacial score (nSPS) is 12.2. The van der Waals surface area contributed by atoms with Gasteiger partial charge in [-0.1, -0.05) is 99.6 Å². The molecule has 0 radical (unpaired) electrons. The van der Waals surface area contributed by atoms with E-state index < -0.39 is 0 Å². The van der Waals surface area contributed by atoms with E-state index in [2.05, 4.69) is 158 Å². The first kappa shape index (κ1) is 25.5. The molecule has 0 aliphatic heterocycles. The zero-order chi connectivity index (χ0) is 29.3. The van der Waals surface area contributed by atoms with E-state index in [1.165, 1.54) is 21.9 Å². The van der Waals surface area contributed by atoms with E-state index in [-0.39, 0.29) is 5.41 Å². The Bertz CT molecular complexity index is 2350. The van der Waals surface area contributed by atoms with Gasteiger partial charge in [0.05, 0.1) is 16.7 Å². The lowest BCUT2D eigenvalue weighted by molar-refractivity contribution is 0.590. The van der Waals surface area contributed by atoms with E-state index in [4.69, 9.17) is 9.97 Å². The van der Waals surface area contributed by atoms with Gasteiger partial charge >= 0.3 is 0 Å². The third kappa shape index (κ3) is 3.98. The number of rotatable bonds is 3. The van der Waals surface area contributed by atoms with Crippen LogP contribution in [-0.2, 0) is 5.41 Å². The Morgan fingerprint density at radius 3 is 1.88 bits per heavy atom. The molecule has 0 fully saturated rings. The number of hydrogen-bond donors (Lipinski definition) is 0. The van der Waals surface area contributed by atoms with E-state index in [9.17, 15) is 0 Å². The lowest BCUT2D eigenvalue weighted by Gasteiger charge is -2.20. The van der Waals surface area contributed by atoms with Gasteiger partial charge in [0, 0.05) is 32.8 Å². The van der Waals surface area contributed by atoms with Gasteiger partial charge in [0.15, 0.2) is 0 Å². The Balaban J connectivity index is 1.47. The summed E-state index contributed by atoms with van der Waals surface area (Å²) in [5.74, 6) is 0.858. The summed E-state index contributed by atoms with van der Waals surface area (Å²) in [7, 11) is 0. The van der Waals surface area contributed by atoms with Crippen molar-refractivity contribution in [1.82, 2.24) is 19.1 Å². The minimum Gasteiger partial charge on any atom is -0.294 e. The van der Waals surface area contributed by atoms with Gasteiger partial charge in [-0.3, -0.25) is 9.13 Å². The maximum atomic E-state index is 5.50. The fourth-order valence-corrected chi connectivity index (χ4v) is 6.42. The van der Waals surface area contributed by atoms with Gasteiger partial charge in [-0.25, -0.2) is 9.97 Å². The van der Waals surface area contributed by atoms with Crippen LogP contribution in [0.2, 0.25) is 0 Å². The number of aromatic nitrogens is 4. The molecule has 8 aromatic rings. The van der Waals surface area contributed by atoms with Crippen LogP contribution in [0.3, 0.4) is 0 Å². The van der Waals surface area contributed by atoms with Gasteiger partial charge in [0.1, 0.15) is 17.1 Å². The molecular formula is C39H32N4. The Kier molecular flexibility index (Phi) is 5.57. The highest BCUT2D eigenvalue weighted by molar-refractivity contribution is 6.16. The van der Waals surface area contributed by atoms with Crippen molar-refractivity contribution >= 4 is 43.9 Å². The van der Waals surface area contributed by atoms with E-state index in [0.29, 0.717) is 0 Å². The molecule has 4 aromatic carbocycles. The number of benzene rings is 4. The maximum Gasteiger partial charge on any atom is 0.149 e. The first-order valence-corrected chi connectivity index (χ1v) is 14.9. The molecule has 4 heterocycles. The predicted molar refractivity (Wildman–Crippen MR) is 180 cm³/mol. The molecule has 8 rings (SSSR count). The summed E-state index contributed by atoms with van der Waals surface area (Å²) in [4.78, 5) is 10.7. The molecule has 0 unspecified atom stereocenters. The smallest absolute Gasteiger partial charge is 0.149 e. The Morgan fingerprint density at radius 2 is 1.16 bits per heavy atom. The summed E-state index contributed by atoms with van der Waals surface area (Å²) < 4.78 is 4.54. The van der Waals surface area contributed by atoms with Gasteiger partial charge in [-0.2, -0.15) is 0 Å². The van der Waals surface area contributed by atoms with Crippen molar-refractivity contribution in [3.63, 3.8) is 0 Å². The zero-order valence-corrected chi connectivity index (χ0v) is 24.8. The summed E-state index contributed by atoms with van der Waals surface area (Å²) in [6, 6.07) is 43.1. The van der Waals surface area contributed by atoms with E-state index in [0.717, 1.165) is 55.9 Å². The molecule has 4 aromatic heterocycles. The molecule has 0 amide bonds. The van der Waals surface area contributed by atoms with E-state index in [1.54, 1.807) is 0 Å². The second-order valence-electron chi connectivity index (χ2n) is 12.4. The van der Waals surface area contributed by atoms with Crippen LogP contribution in [0, 0.1) is 6.92 Å². The second kappa shape index (κ2) is 9.40. The molecule has 0 N–H and O–H groups in total. The summed E-state index contributed by atoms with van der Waals surface area (Å²) in [5, 5.41) is 4.64. The first-order valence-electron chi connectivity index (χ1n) is 14.9. The zero-order valence-electron chi connectivity index (χ0n) is 24.8. The highest BCUT2D eigenvalue weighted by atomic mass is 15.1. The predicted octanol–water partition coefficient (Wildman–Crippen LogP) is 9.94. The fourth-order valence-electron chi connectivity index (χ4n) is 6.42. The number of para-hydroxylation sites is 2. The van der Waals surface area contributed by atoms with Gasteiger partial charge < -0.3 is 0 Å². The van der Waals surface area contributed by atoms with Gasteiger partial charge in [0.2, 0.25) is 0 Å². The summed E-state index contributed by atoms with van der Waals surface area (Å²) >= 11 is 0. The fraction of sp³-hybridized carbons (Fsp3) is 0.128. The number of fused-ring (bicyclic) bond motifs is 6. The molecule has 0 saturated carbocycles. The molecule has 0 aliphatic rings. The molecule has 4 heteroatoms. The topological polar surface area (TPSA) is 35.6 Å². The Hall–Kier alpha value is -5.22. The van der Waals surface area contributed by atoms with Crippen molar-refractivity contribution in [3.8, 4) is 22.8 Å². The SMILES string of the molecule is Cc1ccccc1-c1cccc(-n2c3ccccc3c3cc4c5ccccc5n(-c5cccc(C(C)(C)C)c5)c4nc32)n1. The molecule has 0 bridgehead atoms. The monoisotopic (exact) mass is 556 g/mol. The molecule has 0 saturated heterocycles. The van der Waals surface area contributed by atoms with E-state index >= 15 is 0 Å². The minimum absolute atomic E-state index is 0.0374. The average Bonchev–Trinajstić information content (AvgIpc) is 3.52. The van der Waals surface area contributed by atoms with Crippen LogP contribution >= 0.6 is 0 Å². The number of pyridine rings is 2. The van der Waals surface area contributed by atoms with Crippen LogP contribution in [0.4, 0.5) is 0 Å². The van der Waals surface area contributed by atoms with Crippen molar-refractivity contribution in [1.29, 1.82) is 0 Å². The Labute approximate surface area is 250 Å². The van der Waals surface area contributed by atoms with Crippen LogP contribution in [0.5, 0.6) is 0 Å². The van der Waals surface area contributed by atoms with Crippen LogP contribution in [-0.4, -0.2) is 19.1 Å². The summed E-state index contributed by atoms with van der Waals surface area (Å²) in [6.45, 7) is 8.92. The molecule has 4 nitrogen and oxygen atoms in total. The molecule has 208 valence electrons. The van der Waals surface area contributed by atoms with Gasteiger partial charge in [-0.05, 0) is 65.9 Å². The van der Waals surface area contributed by atoms with Crippen molar-refractivity contribution in [2.24, 2.45) is 0 Å². The minimum atomic E-state index is 0.0374. The quantitative estimate of drug-likeness (QED) is 0.217. The van der Waals surface area contributed by atoms with Crippen molar-refractivity contribution in [2.45, 2.75) is 33.1 Å². The van der Waals surface area contributed by atoms with Gasteiger partial charge in [0.25, 0.3) is 0 Å². The lowest BCUT2D eigenvalue weighted by atomic mass is 9.87. The molecule has 0 spiro atoms. The first-order chi connectivity index (χ1) is 20.9. The van der Waals surface area contributed by atoms with Crippen LogP contribution in [0.1, 0.15) is 31.9 Å². The van der Waals surface area contributed by atoms with Crippen molar-refractivity contribution in [3.05, 3.63) is 132 Å². The highest BCUT2D eigenvalue weighted by Crippen LogP contribution is 2.38. The number of nitrogens with zero attached hydrogens (tertiary/aromatic N) is 4. The molecular weight excluding hydrogens is 524 g/mol. The van der Waals surface area contributed by atoms with Crippen LogP contribution < -0.4 is 0 Å². The molecule has 43 heavy (non-hydrogen) atoms. The van der Waals surface area contributed by atoms with Gasteiger partial charge in [-0.15, -0.1) is 0 Å². The highest BCUT2D eigenvalue weighted by Gasteiger charge is 2.21.